The maximum atomic E-state index is 12.0. The highest BCUT2D eigenvalue weighted by Gasteiger charge is 2.24. The first-order chi connectivity index (χ1) is 9.08. The number of nitrogens with one attached hydrogen (secondary N) is 1. The first-order valence-corrected chi connectivity index (χ1v) is 6.67. The molecule has 0 aliphatic carbocycles. The molecule has 1 N–H and O–H groups in total. The lowest BCUT2D eigenvalue weighted by atomic mass is 10.2. The van der Waals surface area contributed by atoms with Crippen LogP contribution in [0.3, 0.4) is 0 Å². The number of pyridine rings is 1. The second kappa shape index (κ2) is 6.02. The van der Waals surface area contributed by atoms with Gasteiger partial charge in [0, 0.05) is 24.3 Å². The van der Waals surface area contributed by atoms with Crippen molar-refractivity contribution in [3.63, 3.8) is 0 Å². The topological polar surface area (TPSA) is 62.3 Å². The largest absolute Gasteiger partial charge is 0.341 e. The molecule has 102 valence electrons. The smallest absolute Gasteiger partial charge is 0.270 e. The maximum Gasteiger partial charge on any atom is 0.270 e. The standard InChI is InChI=1S/C13H16ClN3O2/c1-9(13(19)17-6-2-3-7-17)16-12(18)11-8-10(14)4-5-15-11/h4-5,8-9H,2-3,6-7H2,1H3,(H,16,18). The molecule has 1 aromatic heterocycles. The minimum Gasteiger partial charge on any atom is -0.341 e. The highest BCUT2D eigenvalue weighted by Crippen LogP contribution is 2.10. The average Bonchev–Trinajstić information content (AvgIpc) is 2.91. The van der Waals surface area contributed by atoms with E-state index in [2.05, 4.69) is 10.3 Å². The monoisotopic (exact) mass is 281 g/mol. The molecular formula is C13H16ClN3O2. The molecule has 1 aliphatic heterocycles. The Kier molecular flexibility index (Phi) is 4.37. The van der Waals surface area contributed by atoms with Crippen molar-refractivity contribution in [1.82, 2.24) is 15.2 Å². The molecule has 2 amide bonds. The van der Waals surface area contributed by atoms with Crippen LogP contribution in [-0.4, -0.2) is 40.8 Å². The maximum absolute atomic E-state index is 12.0. The predicted octanol–water partition coefficient (Wildman–Crippen LogP) is 1.48. The fraction of sp³-hybridized carbons (Fsp3) is 0.462. The second-order valence-corrected chi connectivity index (χ2v) is 5.02. The van der Waals surface area contributed by atoms with Gasteiger partial charge in [-0.3, -0.25) is 14.6 Å². The number of halogens is 1. The minimum atomic E-state index is -0.550. The van der Waals surface area contributed by atoms with E-state index in [1.54, 1.807) is 17.9 Å². The zero-order chi connectivity index (χ0) is 13.8. The van der Waals surface area contributed by atoms with Crippen LogP contribution in [0.25, 0.3) is 0 Å². The van der Waals surface area contributed by atoms with Gasteiger partial charge in [-0.1, -0.05) is 11.6 Å². The predicted molar refractivity (Wildman–Crippen MR) is 72.0 cm³/mol. The first kappa shape index (κ1) is 13.8. The molecule has 19 heavy (non-hydrogen) atoms. The Morgan fingerprint density at radius 2 is 2.11 bits per heavy atom. The number of carbonyl (C=O) groups is 2. The van der Waals surface area contributed by atoms with Gasteiger partial charge in [0.1, 0.15) is 11.7 Å². The van der Waals surface area contributed by atoms with Crippen molar-refractivity contribution in [2.24, 2.45) is 0 Å². The van der Waals surface area contributed by atoms with E-state index in [1.807, 2.05) is 0 Å². The van der Waals surface area contributed by atoms with Crippen molar-refractivity contribution in [2.75, 3.05) is 13.1 Å². The third-order valence-corrected chi connectivity index (χ3v) is 3.33. The number of rotatable bonds is 3. The SMILES string of the molecule is CC(NC(=O)c1cc(Cl)ccn1)C(=O)N1CCCC1. The zero-order valence-electron chi connectivity index (χ0n) is 10.7. The highest BCUT2D eigenvalue weighted by atomic mass is 35.5. The van der Waals surface area contributed by atoms with Gasteiger partial charge in [-0.25, -0.2) is 0 Å². The van der Waals surface area contributed by atoms with Crippen LogP contribution < -0.4 is 5.32 Å². The highest BCUT2D eigenvalue weighted by molar-refractivity contribution is 6.30. The van der Waals surface area contributed by atoms with Crippen molar-refractivity contribution in [3.05, 3.63) is 29.0 Å². The molecule has 1 saturated heterocycles. The number of hydrogen-bond acceptors (Lipinski definition) is 3. The van der Waals surface area contributed by atoms with E-state index < -0.39 is 6.04 Å². The van der Waals surface area contributed by atoms with Crippen LogP contribution in [0, 0.1) is 0 Å². The number of nitrogens with zero attached hydrogens (tertiary/aromatic N) is 2. The van der Waals surface area contributed by atoms with Crippen LogP contribution in [-0.2, 0) is 4.79 Å². The van der Waals surface area contributed by atoms with E-state index >= 15 is 0 Å². The molecule has 1 fully saturated rings. The molecular weight excluding hydrogens is 266 g/mol. The molecule has 0 spiro atoms. The summed E-state index contributed by atoms with van der Waals surface area (Å²) in [5.41, 5.74) is 0.216. The zero-order valence-corrected chi connectivity index (χ0v) is 11.5. The van der Waals surface area contributed by atoms with Crippen molar-refractivity contribution in [1.29, 1.82) is 0 Å². The summed E-state index contributed by atoms with van der Waals surface area (Å²) in [6, 6.07) is 2.52. The number of hydrogen-bond donors (Lipinski definition) is 1. The number of likely N-dealkylation sites (tertiary alicyclic amines) is 1. The number of amides is 2. The third-order valence-electron chi connectivity index (χ3n) is 3.09. The lowest BCUT2D eigenvalue weighted by Gasteiger charge is -2.20. The van der Waals surface area contributed by atoms with E-state index in [9.17, 15) is 9.59 Å². The molecule has 1 unspecified atom stereocenters. The van der Waals surface area contributed by atoms with E-state index in [-0.39, 0.29) is 17.5 Å². The van der Waals surface area contributed by atoms with Gasteiger partial charge in [0.15, 0.2) is 0 Å². The summed E-state index contributed by atoms with van der Waals surface area (Å²) in [4.78, 5) is 29.7. The van der Waals surface area contributed by atoms with E-state index in [1.165, 1.54) is 12.3 Å². The summed E-state index contributed by atoms with van der Waals surface area (Å²) in [5, 5.41) is 3.09. The summed E-state index contributed by atoms with van der Waals surface area (Å²) in [6.45, 7) is 3.23. The van der Waals surface area contributed by atoms with E-state index in [0.29, 0.717) is 5.02 Å². The molecule has 1 atom stereocenters. The van der Waals surface area contributed by atoms with Crippen molar-refractivity contribution in [2.45, 2.75) is 25.8 Å². The Bertz CT molecular complexity index is 487. The second-order valence-electron chi connectivity index (χ2n) is 4.59. The van der Waals surface area contributed by atoms with Gasteiger partial charge in [0.2, 0.25) is 5.91 Å². The van der Waals surface area contributed by atoms with Gasteiger partial charge < -0.3 is 10.2 Å². The summed E-state index contributed by atoms with van der Waals surface area (Å²) >= 11 is 5.80. The lowest BCUT2D eigenvalue weighted by molar-refractivity contribution is -0.131. The Balaban J connectivity index is 1.96. The van der Waals surface area contributed by atoms with E-state index in [4.69, 9.17) is 11.6 Å². The van der Waals surface area contributed by atoms with Crippen LogP contribution in [0.15, 0.2) is 18.3 Å². The Labute approximate surface area is 117 Å². The van der Waals surface area contributed by atoms with E-state index in [0.717, 1.165) is 25.9 Å². The van der Waals surface area contributed by atoms with Crippen molar-refractivity contribution in [3.8, 4) is 0 Å². The molecule has 0 saturated carbocycles. The lowest BCUT2D eigenvalue weighted by Crippen LogP contribution is -2.46. The minimum absolute atomic E-state index is 0.0483. The van der Waals surface area contributed by atoms with Crippen LogP contribution >= 0.6 is 11.6 Å². The molecule has 2 rings (SSSR count). The Morgan fingerprint density at radius 1 is 1.42 bits per heavy atom. The Hall–Kier alpha value is -1.62. The molecule has 0 aromatic carbocycles. The fourth-order valence-electron chi connectivity index (χ4n) is 2.07. The normalized spacial score (nSPS) is 16.2. The summed E-state index contributed by atoms with van der Waals surface area (Å²) in [6.07, 6.45) is 3.52. The first-order valence-electron chi connectivity index (χ1n) is 6.29. The van der Waals surface area contributed by atoms with Crippen molar-refractivity contribution >= 4 is 23.4 Å². The fourth-order valence-corrected chi connectivity index (χ4v) is 2.23. The van der Waals surface area contributed by atoms with Gasteiger partial charge in [0.25, 0.3) is 5.91 Å². The van der Waals surface area contributed by atoms with Crippen LogP contribution in [0.1, 0.15) is 30.3 Å². The van der Waals surface area contributed by atoms with Gasteiger partial charge in [-0.2, -0.15) is 0 Å². The molecule has 1 aliphatic rings. The third kappa shape index (κ3) is 3.44. The Morgan fingerprint density at radius 3 is 2.74 bits per heavy atom. The summed E-state index contributed by atoms with van der Waals surface area (Å²) in [5.74, 6) is -0.435. The molecule has 5 nitrogen and oxygen atoms in total. The van der Waals surface area contributed by atoms with Crippen LogP contribution in [0.4, 0.5) is 0 Å². The molecule has 6 heteroatoms. The van der Waals surface area contributed by atoms with Gasteiger partial charge in [-0.05, 0) is 31.9 Å². The quantitative estimate of drug-likeness (QED) is 0.913. The molecule has 0 radical (unpaired) electrons. The van der Waals surface area contributed by atoms with Crippen molar-refractivity contribution < 1.29 is 9.59 Å². The average molecular weight is 282 g/mol. The number of aromatic nitrogens is 1. The van der Waals surface area contributed by atoms with Crippen LogP contribution in [0.2, 0.25) is 5.02 Å². The van der Waals surface area contributed by atoms with Gasteiger partial charge >= 0.3 is 0 Å². The van der Waals surface area contributed by atoms with Gasteiger partial charge in [0.05, 0.1) is 0 Å². The van der Waals surface area contributed by atoms with Crippen LogP contribution in [0.5, 0.6) is 0 Å². The molecule has 0 bridgehead atoms. The number of carbonyl (C=O) groups excluding carboxylic acids is 2. The molecule has 2 heterocycles. The molecule has 1 aromatic rings. The summed E-state index contributed by atoms with van der Waals surface area (Å²) in [7, 11) is 0. The summed E-state index contributed by atoms with van der Waals surface area (Å²) < 4.78 is 0. The van der Waals surface area contributed by atoms with Gasteiger partial charge in [-0.15, -0.1) is 0 Å².